The summed E-state index contributed by atoms with van der Waals surface area (Å²) in [5.74, 6) is 2.01. The van der Waals surface area contributed by atoms with Crippen LogP contribution >= 0.6 is 0 Å². The summed E-state index contributed by atoms with van der Waals surface area (Å²) in [6.45, 7) is 0.621. The van der Waals surface area contributed by atoms with Crippen molar-refractivity contribution in [3.05, 3.63) is 41.7 Å². The van der Waals surface area contributed by atoms with Crippen LogP contribution in [0.15, 0.2) is 24.5 Å². The van der Waals surface area contributed by atoms with E-state index < -0.39 is 0 Å². The van der Waals surface area contributed by atoms with Gasteiger partial charge in [0.15, 0.2) is 0 Å². The largest absolute Gasteiger partial charge is 0.375 e. The number of hydrogen-bond acceptors (Lipinski definition) is 5. The molecule has 0 radical (unpaired) electrons. The van der Waals surface area contributed by atoms with Crippen molar-refractivity contribution >= 4 is 28.5 Å². The van der Waals surface area contributed by atoms with Gasteiger partial charge in [0, 0.05) is 51.7 Å². The third kappa shape index (κ3) is 3.98. The molecular formula is C25H32N6O3. The number of amides is 2. The third-order valence-electron chi connectivity index (χ3n) is 7.18. The average Bonchev–Trinajstić information content (AvgIpc) is 3.35. The maximum Gasteiger partial charge on any atom is 0.256 e. The van der Waals surface area contributed by atoms with E-state index in [0.29, 0.717) is 23.7 Å². The quantitative estimate of drug-likeness (QED) is 0.602. The Morgan fingerprint density at radius 3 is 2.62 bits per heavy atom. The molecule has 5 rings (SSSR count). The van der Waals surface area contributed by atoms with E-state index >= 15 is 0 Å². The molecule has 2 aliphatic rings. The highest BCUT2D eigenvalue weighted by atomic mass is 16.5. The lowest BCUT2D eigenvalue weighted by atomic mass is 9.85. The van der Waals surface area contributed by atoms with Gasteiger partial charge in [0.2, 0.25) is 5.91 Å². The number of imidazole rings is 2. The Morgan fingerprint density at radius 1 is 1.12 bits per heavy atom. The van der Waals surface area contributed by atoms with Crippen LogP contribution in [-0.4, -0.2) is 56.1 Å². The molecule has 9 nitrogen and oxygen atoms in total. The van der Waals surface area contributed by atoms with E-state index in [4.69, 9.17) is 9.72 Å². The summed E-state index contributed by atoms with van der Waals surface area (Å²) in [4.78, 5) is 37.8. The molecule has 2 aromatic heterocycles. The molecule has 2 fully saturated rings. The Kier molecular flexibility index (Phi) is 6.12. The van der Waals surface area contributed by atoms with Gasteiger partial charge in [0.25, 0.3) is 5.91 Å². The Balaban J connectivity index is 1.59. The number of piperidine rings is 1. The number of methoxy groups -OCH3 is 1. The van der Waals surface area contributed by atoms with Crippen LogP contribution in [0.5, 0.6) is 0 Å². The van der Waals surface area contributed by atoms with E-state index in [1.165, 1.54) is 13.5 Å². The van der Waals surface area contributed by atoms with Crippen LogP contribution in [0.25, 0.3) is 11.0 Å². The molecule has 3 heterocycles. The van der Waals surface area contributed by atoms with Crippen LogP contribution in [0.4, 0.5) is 5.69 Å². The highest BCUT2D eigenvalue weighted by Gasteiger charge is 2.34. The van der Waals surface area contributed by atoms with E-state index in [2.05, 4.69) is 14.9 Å². The van der Waals surface area contributed by atoms with Gasteiger partial charge in [-0.3, -0.25) is 9.59 Å². The van der Waals surface area contributed by atoms with Gasteiger partial charge in [-0.05, 0) is 44.2 Å². The van der Waals surface area contributed by atoms with Crippen molar-refractivity contribution in [2.75, 3.05) is 25.6 Å². The molecule has 1 aliphatic heterocycles. The van der Waals surface area contributed by atoms with Crippen molar-refractivity contribution in [3.63, 3.8) is 0 Å². The first kappa shape index (κ1) is 22.6. The van der Waals surface area contributed by atoms with Gasteiger partial charge in [-0.1, -0.05) is 6.42 Å². The summed E-state index contributed by atoms with van der Waals surface area (Å²) in [5.41, 5.74) is 2.67. The lowest BCUT2D eigenvalue weighted by molar-refractivity contribution is -0.119. The van der Waals surface area contributed by atoms with E-state index in [0.717, 1.165) is 54.8 Å². The molecule has 0 bridgehead atoms. The minimum Gasteiger partial charge on any atom is -0.375 e. The van der Waals surface area contributed by atoms with Gasteiger partial charge in [-0.2, -0.15) is 0 Å². The molecule has 180 valence electrons. The number of nitrogens with zero attached hydrogens (tertiary/aromatic N) is 5. The maximum absolute atomic E-state index is 14.1. The first-order valence-electron chi connectivity index (χ1n) is 12.0. The van der Waals surface area contributed by atoms with Crippen LogP contribution in [0, 0.1) is 0 Å². The number of likely N-dealkylation sites (tertiary alicyclic amines) is 1. The summed E-state index contributed by atoms with van der Waals surface area (Å²) >= 11 is 0. The minimum absolute atomic E-state index is 0.0514. The highest BCUT2D eigenvalue weighted by Crippen LogP contribution is 2.39. The number of rotatable bonds is 6. The summed E-state index contributed by atoms with van der Waals surface area (Å²) in [6, 6.07) is 3.56. The van der Waals surface area contributed by atoms with Gasteiger partial charge < -0.3 is 24.1 Å². The zero-order chi connectivity index (χ0) is 23.8. The molecule has 9 heteroatoms. The fourth-order valence-electron chi connectivity index (χ4n) is 5.26. The molecule has 0 spiro atoms. The molecule has 1 saturated heterocycles. The number of ether oxygens (including phenoxy) is 1. The fraction of sp³-hybridized carbons (Fsp3) is 0.520. The summed E-state index contributed by atoms with van der Waals surface area (Å²) in [5, 5.41) is 2.87. The Bertz CT molecular complexity index is 1220. The van der Waals surface area contributed by atoms with Gasteiger partial charge in [0.1, 0.15) is 18.3 Å². The number of carbonyl (C=O) groups is 2. The van der Waals surface area contributed by atoms with E-state index in [9.17, 15) is 9.59 Å². The fourth-order valence-corrected chi connectivity index (χ4v) is 5.26. The monoisotopic (exact) mass is 464 g/mol. The zero-order valence-electron chi connectivity index (χ0n) is 20.1. The van der Waals surface area contributed by atoms with Gasteiger partial charge in [-0.15, -0.1) is 0 Å². The lowest BCUT2D eigenvalue weighted by Crippen LogP contribution is -2.39. The van der Waals surface area contributed by atoms with Crippen molar-refractivity contribution in [1.82, 2.24) is 24.0 Å². The zero-order valence-corrected chi connectivity index (χ0v) is 20.1. The predicted octanol–water partition coefficient (Wildman–Crippen LogP) is 3.53. The number of benzene rings is 1. The topological polar surface area (TPSA) is 94.3 Å². The van der Waals surface area contributed by atoms with Crippen LogP contribution in [0.3, 0.4) is 0 Å². The lowest BCUT2D eigenvalue weighted by Gasteiger charge is -2.35. The van der Waals surface area contributed by atoms with Crippen molar-refractivity contribution in [1.29, 1.82) is 0 Å². The molecule has 34 heavy (non-hydrogen) atoms. The molecule has 3 aromatic rings. The van der Waals surface area contributed by atoms with Crippen molar-refractivity contribution in [2.45, 2.75) is 50.5 Å². The van der Waals surface area contributed by atoms with Gasteiger partial charge >= 0.3 is 0 Å². The molecule has 1 aliphatic carbocycles. The second-order valence-corrected chi connectivity index (χ2v) is 9.44. The van der Waals surface area contributed by atoms with Crippen molar-refractivity contribution in [3.8, 4) is 0 Å². The molecule has 1 aromatic carbocycles. The van der Waals surface area contributed by atoms with Crippen molar-refractivity contribution < 1.29 is 14.3 Å². The number of anilines is 1. The number of carbonyl (C=O) groups excluding carboxylic acids is 2. The second-order valence-electron chi connectivity index (χ2n) is 9.44. The molecule has 1 saturated carbocycles. The normalized spacial score (nSPS) is 18.8. The van der Waals surface area contributed by atoms with Crippen LogP contribution in [0.2, 0.25) is 0 Å². The number of aromatic nitrogens is 4. The van der Waals surface area contributed by atoms with Crippen LogP contribution < -0.4 is 5.32 Å². The first-order valence-corrected chi connectivity index (χ1v) is 12.0. The number of aryl methyl sites for hydroxylation is 2. The summed E-state index contributed by atoms with van der Waals surface area (Å²) in [7, 11) is 5.45. The van der Waals surface area contributed by atoms with E-state index in [-0.39, 0.29) is 24.5 Å². The summed E-state index contributed by atoms with van der Waals surface area (Å²) < 4.78 is 9.03. The Morgan fingerprint density at radius 2 is 1.94 bits per heavy atom. The summed E-state index contributed by atoms with van der Waals surface area (Å²) in [6.07, 6.45) is 10.0. The SMILES string of the molecule is COCC(=O)Nc1cc(C(=O)N2CCCCC2c2nccn2C)c2c(c1)nc(C1CCC1)n2C. The third-order valence-corrected chi connectivity index (χ3v) is 7.18. The van der Waals surface area contributed by atoms with Gasteiger partial charge in [0.05, 0.1) is 22.6 Å². The average molecular weight is 465 g/mol. The second kappa shape index (κ2) is 9.21. The minimum atomic E-state index is -0.265. The molecular weight excluding hydrogens is 432 g/mol. The number of fused-ring (bicyclic) bond motifs is 1. The highest BCUT2D eigenvalue weighted by molar-refractivity contribution is 6.08. The smallest absolute Gasteiger partial charge is 0.256 e. The molecule has 1 atom stereocenters. The standard InChI is InChI=1S/C25H32N6O3/c1-29-12-10-26-24(29)20-9-4-5-11-31(20)25(33)18-13-17(27-21(32)15-34-3)14-19-22(18)30(2)23(28-19)16-7-6-8-16/h10,12-14,16,20H,4-9,11,15H2,1-3H3,(H,27,32). The molecule has 1 N–H and O–H groups in total. The molecule has 1 unspecified atom stereocenters. The maximum atomic E-state index is 14.1. The Hall–Kier alpha value is -3.20. The van der Waals surface area contributed by atoms with Crippen LogP contribution in [0.1, 0.15) is 72.5 Å². The number of hydrogen-bond donors (Lipinski definition) is 1. The van der Waals surface area contributed by atoms with Gasteiger partial charge in [-0.25, -0.2) is 9.97 Å². The first-order chi connectivity index (χ1) is 16.5. The molecule has 2 amide bonds. The predicted molar refractivity (Wildman–Crippen MR) is 129 cm³/mol. The van der Waals surface area contributed by atoms with E-state index in [1.807, 2.05) is 35.8 Å². The Labute approximate surface area is 199 Å². The van der Waals surface area contributed by atoms with Crippen molar-refractivity contribution in [2.24, 2.45) is 14.1 Å². The number of nitrogens with one attached hydrogen (secondary N) is 1. The van der Waals surface area contributed by atoms with E-state index in [1.54, 1.807) is 12.3 Å². The van der Waals surface area contributed by atoms with Crippen LogP contribution in [-0.2, 0) is 23.6 Å².